The number of methoxy groups -OCH3 is 2. The molecule has 27 heavy (non-hydrogen) atoms. The number of esters is 2. The first kappa shape index (κ1) is 22.2. The van der Waals surface area contributed by atoms with E-state index in [4.69, 9.17) is 0 Å². The van der Waals surface area contributed by atoms with Crippen LogP contribution in [0.25, 0.3) is 0 Å². The summed E-state index contributed by atoms with van der Waals surface area (Å²) in [5, 5.41) is 0. The fourth-order valence-corrected chi connectivity index (χ4v) is 2.37. The van der Waals surface area contributed by atoms with Gasteiger partial charge in [-0.2, -0.15) is 0 Å². The molecule has 0 aromatic carbocycles. The summed E-state index contributed by atoms with van der Waals surface area (Å²) in [6.45, 7) is 3.13. The molecule has 0 unspecified atom stereocenters. The second-order valence-electron chi connectivity index (χ2n) is 5.29. The van der Waals surface area contributed by atoms with Gasteiger partial charge < -0.3 is 18.6 Å². The van der Waals surface area contributed by atoms with Crippen LogP contribution in [0.3, 0.4) is 0 Å². The Labute approximate surface area is 163 Å². The highest BCUT2D eigenvalue weighted by Gasteiger charge is 2.16. The Bertz CT molecular complexity index is 842. The van der Waals surface area contributed by atoms with Gasteiger partial charge in [-0.3, -0.25) is 9.59 Å². The van der Waals surface area contributed by atoms with Gasteiger partial charge in [-0.25, -0.2) is 19.6 Å². The molecule has 10 nitrogen and oxygen atoms in total. The monoisotopic (exact) mass is 442 g/mol. The molecule has 11 heteroatoms. The predicted molar refractivity (Wildman–Crippen MR) is 96.2 cm³/mol. The lowest BCUT2D eigenvalue weighted by Crippen LogP contribution is -2.14. The van der Waals surface area contributed by atoms with Gasteiger partial charge in [0, 0.05) is 0 Å². The molecule has 146 valence electrons. The number of carbonyl (C=O) groups excluding carboxylic acids is 4. The van der Waals surface area contributed by atoms with Crippen molar-refractivity contribution >= 4 is 39.4 Å². The number of halogens is 1. The lowest BCUT2D eigenvalue weighted by atomic mass is 10.4. The molecule has 2 rings (SSSR count). The molecule has 0 saturated carbocycles. The van der Waals surface area contributed by atoms with Crippen molar-refractivity contribution in [1.82, 2.24) is 19.1 Å². The van der Waals surface area contributed by atoms with E-state index >= 15 is 0 Å². The lowest BCUT2D eigenvalue weighted by Gasteiger charge is -2.04. The van der Waals surface area contributed by atoms with Gasteiger partial charge >= 0.3 is 11.9 Å². The molecule has 0 amide bonds. The van der Waals surface area contributed by atoms with E-state index in [2.05, 4.69) is 35.4 Å². The Morgan fingerprint density at radius 1 is 0.963 bits per heavy atom. The molecule has 0 fully saturated rings. The largest absolute Gasteiger partial charge is 0.464 e. The standard InChI is InChI=1S/C8H9BrN2O3.C8H10N2O3/c1-5(12)4-11-6(7(13)14-2)3-10-8(11)9;1-6(11)4-10-5-9-3-7(10)8(12)13-2/h3H,4H2,1-2H3;3,5H,4H2,1-2H3. The van der Waals surface area contributed by atoms with Gasteiger partial charge in [-0.05, 0) is 29.8 Å². The topological polar surface area (TPSA) is 122 Å². The molecule has 0 N–H and O–H groups in total. The number of hydrogen-bond acceptors (Lipinski definition) is 8. The third-order valence-electron chi connectivity index (χ3n) is 3.08. The zero-order valence-corrected chi connectivity index (χ0v) is 16.8. The van der Waals surface area contributed by atoms with E-state index in [0.717, 1.165) is 0 Å². The number of ketones is 2. The summed E-state index contributed by atoms with van der Waals surface area (Å²) in [6, 6.07) is 0. The molecule has 0 aliphatic rings. The maximum absolute atomic E-state index is 11.2. The van der Waals surface area contributed by atoms with Crippen LogP contribution < -0.4 is 0 Å². The van der Waals surface area contributed by atoms with Crippen LogP contribution in [0, 0.1) is 0 Å². The second kappa shape index (κ2) is 10.4. The summed E-state index contributed by atoms with van der Waals surface area (Å²) >= 11 is 3.13. The molecule has 0 radical (unpaired) electrons. The van der Waals surface area contributed by atoms with E-state index in [-0.39, 0.29) is 36.0 Å². The van der Waals surface area contributed by atoms with E-state index in [0.29, 0.717) is 4.73 Å². The van der Waals surface area contributed by atoms with Crippen molar-refractivity contribution in [2.45, 2.75) is 26.9 Å². The lowest BCUT2D eigenvalue weighted by molar-refractivity contribution is -0.118. The van der Waals surface area contributed by atoms with Crippen LogP contribution in [-0.2, 0) is 32.2 Å². The quantitative estimate of drug-likeness (QED) is 0.612. The van der Waals surface area contributed by atoms with E-state index < -0.39 is 11.9 Å². The van der Waals surface area contributed by atoms with Crippen molar-refractivity contribution in [2.24, 2.45) is 0 Å². The van der Waals surface area contributed by atoms with Crippen molar-refractivity contribution in [2.75, 3.05) is 14.2 Å². The third kappa shape index (κ3) is 6.44. The molecule has 0 aliphatic carbocycles. The first-order valence-electron chi connectivity index (χ1n) is 7.57. The second-order valence-corrected chi connectivity index (χ2v) is 6.00. The number of ether oxygens (including phenoxy) is 2. The van der Waals surface area contributed by atoms with Gasteiger partial charge in [0.05, 0.1) is 46.0 Å². The Kier molecular flexibility index (Phi) is 8.52. The highest BCUT2D eigenvalue weighted by atomic mass is 79.9. The van der Waals surface area contributed by atoms with Crippen LogP contribution >= 0.6 is 15.9 Å². The summed E-state index contributed by atoms with van der Waals surface area (Å²) in [4.78, 5) is 51.6. The Hall–Kier alpha value is -2.82. The van der Waals surface area contributed by atoms with Gasteiger partial charge in [0.2, 0.25) is 0 Å². The summed E-state index contributed by atoms with van der Waals surface area (Å²) in [5.41, 5.74) is 0.548. The van der Waals surface area contributed by atoms with Crippen molar-refractivity contribution in [3.63, 3.8) is 0 Å². The molecule has 2 heterocycles. The first-order chi connectivity index (χ1) is 12.7. The molecular weight excluding hydrogens is 424 g/mol. The number of imidazole rings is 2. The van der Waals surface area contributed by atoms with E-state index in [1.54, 1.807) is 0 Å². The zero-order valence-electron chi connectivity index (χ0n) is 15.3. The van der Waals surface area contributed by atoms with Crippen LogP contribution in [-0.4, -0.2) is 56.8 Å². The molecule has 0 aliphatic heterocycles. The Morgan fingerprint density at radius 2 is 1.52 bits per heavy atom. The van der Waals surface area contributed by atoms with Gasteiger partial charge in [-0.15, -0.1) is 0 Å². The SMILES string of the molecule is COC(=O)c1cnc(Br)n1CC(C)=O.COC(=O)c1cncn1CC(C)=O. The van der Waals surface area contributed by atoms with Gasteiger partial charge in [-0.1, -0.05) is 0 Å². The van der Waals surface area contributed by atoms with E-state index in [1.165, 1.54) is 55.9 Å². The number of aromatic nitrogens is 4. The number of Topliss-reactive ketones (excluding diaryl/α,β-unsaturated/α-hetero) is 2. The smallest absolute Gasteiger partial charge is 0.356 e. The minimum atomic E-state index is -0.510. The molecular formula is C16H19BrN4O6. The number of carbonyl (C=O) groups is 4. The number of nitrogens with zero attached hydrogens (tertiary/aromatic N) is 4. The van der Waals surface area contributed by atoms with Gasteiger partial charge in [0.25, 0.3) is 0 Å². The minimum Gasteiger partial charge on any atom is -0.464 e. The third-order valence-corrected chi connectivity index (χ3v) is 3.71. The van der Waals surface area contributed by atoms with E-state index in [9.17, 15) is 19.2 Å². The highest BCUT2D eigenvalue weighted by molar-refractivity contribution is 9.10. The maximum atomic E-state index is 11.2. The molecule has 0 saturated heterocycles. The van der Waals surface area contributed by atoms with Crippen molar-refractivity contribution in [3.05, 3.63) is 34.8 Å². The zero-order chi connectivity index (χ0) is 20.6. The van der Waals surface area contributed by atoms with Crippen LogP contribution in [0.5, 0.6) is 0 Å². The van der Waals surface area contributed by atoms with Crippen molar-refractivity contribution in [3.8, 4) is 0 Å². The van der Waals surface area contributed by atoms with Crippen molar-refractivity contribution < 1.29 is 28.7 Å². The molecule has 2 aromatic heterocycles. The normalized spacial score (nSPS) is 9.81. The van der Waals surface area contributed by atoms with Gasteiger partial charge in [0.15, 0.2) is 4.73 Å². The summed E-state index contributed by atoms with van der Waals surface area (Å²) < 4.78 is 12.4. The molecule has 0 atom stereocenters. The van der Waals surface area contributed by atoms with Crippen LogP contribution in [0.4, 0.5) is 0 Å². The fourth-order valence-electron chi connectivity index (χ4n) is 1.95. The summed E-state index contributed by atoms with van der Waals surface area (Å²) in [5.74, 6) is -1.10. The molecule has 0 bridgehead atoms. The molecule has 0 spiro atoms. The number of rotatable bonds is 6. The number of hydrogen-bond donors (Lipinski definition) is 0. The Balaban J connectivity index is 0.000000271. The minimum absolute atomic E-state index is 0.0387. The van der Waals surface area contributed by atoms with Crippen LogP contribution in [0.2, 0.25) is 0 Å². The maximum Gasteiger partial charge on any atom is 0.356 e. The summed E-state index contributed by atoms with van der Waals surface area (Å²) in [6.07, 6.45) is 4.15. The average molecular weight is 443 g/mol. The van der Waals surface area contributed by atoms with Crippen LogP contribution in [0.15, 0.2) is 23.5 Å². The van der Waals surface area contributed by atoms with Crippen molar-refractivity contribution in [1.29, 1.82) is 0 Å². The fraction of sp³-hybridized carbons (Fsp3) is 0.375. The average Bonchev–Trinajstić information content (AvgIpc) is 3.20. The molecule has 2 aromatic rings. The van der Waals surface area contributed by atoms with Gasteiger partial charge in [0.1, 0.15) is 23.0 Å². The van der Waals surface area contributed by atoms with E-state index in [1.807, 2.05) is 0 Å². The predicted octanol–water partition coefficient (Wildman–Crippen LogP) is 1.28. The summed E-state index contributed by atoms with van der Waals surface area (Å²) in [7, 11) is 2.56. The Morgan fingerprint density at radius 3 is 2.04 bits per heavy atom. The highest BCUT2D eigenvalue weighted by Crippen LogP contribution is 2.12. The first-order valence-corrected chi connectivity index (χ1v) is 8.37. The van der Waals surface area contributed by atoms with Crippen LogP contribution in [0.1, 0.15) is 34.8 Å².